The largest absolute Gasteiger partial charge is 0.356 e. The maximum absolute atomic E-state index is 12.1. The average molecular weight is 384 g/mol. The Hall–Kier alpha value is -1.77. The fourth-order valence-corrected chi connectivity index (χ4v) is 2.87. The summed E-state index contributed by atoms with van der Waals surface area (Å²) in [6, 6.07) is 5.18. The fraction of sp³-hybridized carbons (Fsp3) is 0.312. The number of hydrogen-bond acceptors (Lipinski definition) is 4. The van der Waals surface area contributed by atoms with Crippen molar-refractivity contribution in [1.82, 2.24) is 15.4 Å². The van der Waals surface area contributed by atoms with Gasteiger partial charge in [-0.3, -0.25) is 4.84 Å². The van der Waals surface area contributed by atoms with Crippen LogP contribution in [-0.4, -0.2) is 49.1 Å². The van der Waals surface area contributed by atoms with E-state index in [1.54, 1.807) is 41.5 Å². The van der Waals surface area contributed by atoms with Crippen molar-refractivity contribution >= 4 is 34.8 Å². The van der Waals surface area contributed by atoms with E-state index in [0.29, 0.717) is 40.5 Å². The molecular formula is C16H17Cl2N4O3. The minimum atomic E-state index is -0.643. The lowest BCUT2D eigenvalue weighted by Gasteiger charge is -2.27. The molecule has 1 atom stereocenters. The number of benzene rings is 1. The van der Waals surface area contributed by atoms with Gasteiger partial charge in [-0.25, -0.2) is 10.1 Å². The summed E-state index contributed by atoms with van der Waals surface area (Å²) in [4.78, 5) is 10.2. The van der Waals surface area contributed by atoms with Crippen LogP contribution in [0.1, 0.15) is 0 Å². The van der Waals surface area contributed by atoms with Gasteiger partial charge < -0.3 is 10.1 Å². The lowest BCUT2D eigenvalue weighted by Crippen LogP contribution is -2.36. The van der Waals surface area contributed by atoms with E-state index in [-0.39, 0.29) is 6.61 Å². The van der Waals surface area contributed by atoms with Gasteiger partial charge in [0.2, 0.25) is 5.96 Å². The molecule has 2 aliphatic rings. The van der Waals surface area contributed by atoms with Gasteiger partial charge in [0.05, 0.1) is 22.3 Å². The van der Waals surface area contributed by atoms with Gasteiger partial charge >= 0.3 is 0 Å². The van der Waals surface area contributed by atoms with Crippen molar-refractivity contribution in [2.75, 3.05) is 26.8 Å². The summed E-state index contributed by atoms with van der Waals surface area (Å²) in [5, 5.41) is 18.5. The molecular weight excluding hydrogens is 367 g/mol. The third-order valence-electron chi connectivity index (χ3n) is 3.68. The molecule has 1 saturated heterocycles. The molecule has 0 aromatic heterocycles. The Morgan fingerprint density at radius 1 is 1.36 bits per heavy atom. The zero-order valence-electron chi connectivity index (χ0n) is 13.5. The predicted octanol–water partition coefficient (Wildman–Crippen LogP) is 2.89. The third-order valence-corrected chi connectivity index (χ3v) is 4.29. The number of allylic oxidation sites excluding steroid dienone is 2. The van der Waals surface area contributed by atoms with Gasteiger partial charge in [-0.15, -0.1) is 0 Å². The number of aliphatic imine (C=N–C) groups is 1. The van der Waals surface area contributed by atoms with Crippen LogP contribution in [0.4, 0.5) is 5.69 Å². The number of methoxy groups -OCH3 is 1. The van der Waals surface area contributed by atoms with Crippen molar-refractivity contribution in [2.24, 2.45) is 4.99 Å². The van der Waals surface area contributed by atoms with Crippen molar-refractivity contribution in [3.05, 3.63) is 52.2 Å². The van der Waals surface area contributed by atoms with Crippen molar-refractivity contribution < 1.29 is 14.8 Å². The van der Waals surface area contributed by atoms with Gasteiger partial charge in [-0.05, 0) is 24.3 Å². The summed E-state index contributed by atoms with van der Waals surface area (Å²) in [6.45, 7) is 1.32. The molecule has 0 bridgehead atoms. The molecule has 1 N–H and O–H groups in total. The van der Waals surface area contributed by atoms with Crippen LogP contribution in [0.2, 0.25) is 10.0 Å². The molecule has 1 aromatic rings. The number of nitrogens with zero attached hydrogens (tertiary/aromatic N) is 3. The van der Waals surface area contributed by atoms with Crippen LogP contribution in [-0.2, 0) is 14.8 Å². The van der Waals surface area contributed by atoms with E-state index in [1.807, 2.05) is 0 Å². The molecule has 0 saturated carbocycles. The number of ether oxygens (including phenoxy) is 1. The predicted molar refractivity (Wildman–Crippen MR) is 94.8 cm³/mol. The van der Waals surface area contributed by atoms with Gasteiger partial charge in [0.1, 0.15) is 12.3 Å². The summed E-state index contributed by atoms with van der Waals surface area (Å²) < 4.78 is 5.08. The molecule has 0 aliphatic carbocycles. The number of rotatable bonds is 5. The Bertz CT molecular complexity index is 703. The minimum Gasteiger partial charge on any atom is -0.356 e. The van der Waals surface area contributed by atoms with E-state index in [2.05, 4.69) is 10.3 Å². The number of para-hydroxylation sites is 1. The first-order valence-corrected chi connectivity index (χ1v) is 8.39. The highest BCUT2D eigenvalue weighted by Crippen LogP contribution is 2.33. The first-order valence-electron chi connectivity index (χ1n) is 7.63. The van der Waals surface area contributed by atoms with Gasteiger partial charge in [0.15, 0.2) is 6.23 Å². The zero-order chi connectivity index (χ0) is 17.8. The number of halogens is 2. The smallest absolute Gasteiger partial charge is 0.223 e. The normalized spacial score (nSPS) is 21.7. The first kappa shape index (κ1) is 18.0. The van der Waals surface area contributed by atoms with Crippen LogP contribution in [0.15, 0.2) is 47.1 Å². The fourth-order valence-electron chi connectivity index (χ4n) is 2.39. The highest BCUT2D eigenvalue weighted by molar-refractivity contribution is 6.38. The molecule has 133 valence electrons. The SMILES string of the molecule is COC1C=CC=C(CON2CCNC2=Nc2c(Cl)cccc2Cl)N1[O]. The van der Waals surface area contributed by atoms with E-state index in [9.17, 15) is 5.21 Å². The summed E-state index contributed by atoms with van der Waals surface area (Å²) in [7, 11) is 1.48. The van der Waals surface area contributed by atoms with Gasteiger partial charge in [-0.1, -0.05) is 40.6 Å². The summed E-state index contributed by atoms with van der Waals surface area (Å²) in [5.74, 6) is 0.489. The molecule has 9 heteroatoms. The van der Waals surface area contributed by atoms with E-state index >= 15 is 0 Å². The third kappa shape index (κ3) is 4.08. The van der Waals surface area contributed by atoms with Crippen molar-refractivity contribution in [1.29, 1.82) is 0 Å². The summed E-state index contributed by atoms with van der Waals surface area (Å²) in [5.41, 5.74) is 0.921. The Kier molecular flexibility index (Phi) is 5.82. The highest BCUT2D eigenvalue weighted by atomic mass is 35.5. The molecule has 3 rings (SSSR count). The Morgan fingerprint density at radius 3 is 2.84 bits per heavy atom. The summed E-state index contributed by atoms with van der Waals surface area (Å²) >= 11 is 12.3. The molecule has 0 spiro atoms. The topological polar surface area (TPSA) is 69.2 Å². The standard InChI is InChI=1S/C16H17Cl2N4O3/c1-24-14-7-2-4-11(22(14)23)10-25-21-9-8-19-16(21)20-15-12(17)5-3-6-13(15)18/h2-7,14H,8-10H2,1H3,(H,19,20). The molecule has 0 amide bonds. The molecule has 1 fully saturated rings. The molecule has 2 heterocycles. The molecule has 7 nitrogen and oxygen atoms in total. The maximum atomic E-state index is 12.1. The second-order valence-electron chi connectivity index (χ2n) is 5.30. The molecule has 1 radical (unpaired) electrons. The molecule has 2 aliphatic heterocycles. The lowest BCUT2D eigenvalue weighted by molar-refractivity contribution is -0.221. The van der Waals surface area contributed by atoms with Crippen molar-refractivity contribution in [2.45, 2.75) is 6.23 Å². The van der Waals surface area contributed by atoms with Crippen molar-refractivity contribution in [3.8, 4) is 0 Å². The van der Waals surface area contributed by atoms with Crippen LogP contribution in [0.3, 0.4) is 0 Å². The lowest BCUT2D eigenvalue weighted by atomic mass is 10.3. The average Bonchev–Trinajstić information content (AvgIpc) is 3.04. The second-order valence-corrected chi connectivity index (χ2v) is 6.12. The van der Waals surface area contributed by atoms with Crippen LogP contribution in [0, 0.1) is 0 Å². The summed E-state index contributed by atoms with van der Waals surface area (Å²) in [6.07, 6.45) is 4.48. The minimum absolute atomic E-state index is 0.0880. The number of guanidine groups is 1. The van der Waals surface area contributed by atoms with Gasteiger partial charge in [0.25, 0.3) is 0 Å². The van der Waals surface area contributed by atoms with Crippen LogP contribution in [0.5, 0.6) is 0 Å². The zero-order valence-corrected chi connectivity index (χ0v) is 15.0. The van der Waals surface area contributed by atoms with Crippen LogP contribution in [0.25, 0.3) is 0 Å². The number of hydroxylamine groups is 4. The van der Waals surface area contributed by atoms with E-state index in [4.69, 9.17) is 32.8 Å². The monoisotopic (exact) mass is 383 g/mol. The van der Waals surface area contributed by atoms with Gasteiger partial charge in [0, 0.05) is 13.7 Å². The van der Waals surface area contributed by atoms with E-state index < -0.39 is 6.23 Å². The number of nitrogens with one attached hydrogen (secondary N) is 1. The highest BCUT2D eigenvalue weighted by Gasteiger charge is 2.24. The van der Waals surface area contributed by atoms with Crippen LogP contribution < -0.4 is 5.32 Å². The quantitative estimate of drug-likeness (QED) is 0.846. The van der Waals surface area contributed by atoms with Crippen LogP contribution >= 0.6 is 23.2 Å². The molecule has 1 aromatic carbocycles. The number of hydrogen-bond donors (Lipinski definition) is 1. The van der Waals surface area contributed by atoms with Crippen molar-refractivity contribution in [3.63, 3.8) is 0 Å². The van der Waals surface area contributed by atoms with E-state index in [1.165, 1.54) is 7.11 Å². The first-order chi connectivity index (χ1) is 12.1. The van der Waals surface area contributed by atoms with E-state index in [0.717, 1.165) is 5.06 Å². The Balaban J connectivity index is 1.70. The molecule has 1 unspecified atom stereocenters. The Morgan fingerprint density at radius 2 is 2.12 bits per heavy atom. The Labute approximate surface area is 155 Å². The second kappa shape index (κ2) is 8.07. The van der Waals surface area contributed by atoms with Gasteiger partial charge in [-0.2, -0.15) is 5.06 Å². The maximum Gasteiger partial charge on any atom is 0.223 e. The molecule has 25 heavy (non-hydrogen) atoms.